The van der Waals surface area contributed by atoms with Gasteiger partial charge in [-0.2, -0.15) is 0 Å². The average molecular weight is 228 g/mol. The van der Waals surface area contributed by atoms with Gasteiger partial charge >= 0.3 is 5.97 Å². The van der Waals surface area contributed by atoms with Crippen molar-refractivity contribution in [3.8, 4) is 0 Å². The number of hydrogen-bond donors (Lipinski definition) is 3. The van der Waals surface area contributed by atoms with Gasteiger partial charge in [-0.3, -0.25) is 4.79 Å². The van der Waals surface area contributed by atoms with Gasteiger partial charge in [0, 0.05) is 17.8 Å². The van der Waals surface area contributed by atoms with Crippen LogP contribution >= 0.6 is 12.2 Å². The van der Waals surface area contributed by atoms with E-state index in [-0.39, 0.29) is 6.42 Å². The van der Waals surface area contributed by atoms with Crippen LogP contribution < -0.4 is 0 Å². The van der Waals surface area contributed by atoms with Crippen LogP contribution in [0.25, 0.3) is 0 Å². The summed E-state index contributed by atoms with van der Waals surface area (Å²) in [6.45, 7) is 1.99. The maximum Gasteiger partial charge on any atom is 0.303 e. The van der Waals surface area contributed by atoms with Crippen molar-refractivity contribution in [1.82, 2.24) is 9.97 Å². The van der Waals surface area contributed by atoms with E-state index >= 15 is 0 Å². The fraction of sp³-hybridized carbons (Fsp3) is 0.600. The third-order valence-corrected chi connectivity index (χ3v) is 2.54. The van der Waals surface area contributed by atoms with E-state index in [1.807, 2.05) is 6.92 Å². The maximum absolute atomic E-state index is 10.3. The first kappa shape index (κ1) is 12.0. The molecule has 3 N–H and O–H groups in total. The van der Waals surface area contributed by atoms with Crippen LogP contribution in [-0.4, -0.2) is 21.0 Å². The molecule has 0 saturated heterocycles. The molecule has 0 radical (unpaired) electrons. The molecule has 15 heavy (non-hydrogen) atoms. The maximum atomic E-state index is 10.3. The summed E-state index contributed by atoms with van der Waals surface area (Å²) in [5, 5.41) is 8.45. The normalized spacial score (nSPS) is 10.5. The first-order valence-corrected chi connectivity index (χ1v) is 5.50. The monoisotopic (exact) mass is 228 g/mol. The number of unbranched alkanes of at least 4 members (excludes halogenated alkanes) is 2. The molecule has 0 fully saturated rings. The van der Waals surface area contributed by atoms with Crippen molar-refractivity contribution >= 4 is 18.2 Å². The summed E-state index contributed by atoms with van der Waals surface area (Å²) in [7, 11) is 0. The lowest BCUT2D eigenvalue weighted by Crippen LogP contribution is -1.95. The number of rotatable bonds is 6. The van der Waals surface area contributed by atoms with Gasteiger partial charge in [0.15, 0.2) is 4.77 Å². The van der Waals surface area contributed by atoms with E-state index in [0.717, 1.165) is 37.1 Å². The number of hydrogen-bond acceptors (Lipinski definition) is 2. The number of aliphatic carboxylic acids is 1. The van der Waals surface area contributed by atoms with Gasteiger partial charge in [0.2, 0.25) is 0 Å². The summed E-state index contributed by atoms with van der Waals surface area (Å²) in [5.41, 5.74) is 2.22. The zero-order chi connectivity index (χ0) is 11.3. The Kier molecular flexibility index (Phi) is 4.55. The highest BCUT2D eigenvalue weighted by atomic mass is 32.1. The molecule has 0 atom stereocenters. The molecule has 1 aromatic rings. The highest BCUT2D eigenvalue weighted by molar-refractivity contribution is 7.71. The van der Waals surface area contributed by atoms with Crippen molar-refractivity contribution in [1.29, 1.82) is 0 Å². The number of aromatic amines is 2. The number of carboxylic acids is 1. The van der Waals surface area contributed by atoms with Gasteiger partial charge in [-0.15, -0.1) is 0 Å². The molecule has 0 bridgehead atoms. The lowest BCUT2D eigenvalue weighted by molar-refractivity contribution is -0.137. The minimum Gasteiger partial charge on any atom is -0.481 e. The van der Waals surface area contributed by atoms with Crippen molar-refractivity contribution in [2.75, 3.05) is 0 Å². The lowest BCUT2D eigenvalue weighted by atomic mass is 10.1. The Hall–Kier alpha value is -1.10. The van der Waals surface area contributed by atoms with Crippen molar-refractivity contribution in [2.24, 2.45) is 0 Å². The predicted molar refractivity (Wildman–Crippen MR) is 60.5 cm³/mol. The molecular formula is C10H16N2O2S. The second-order valence-corrected chi connectivity index (χ2v) is 4.05. The summed E-state index contributed by atoms with van der Waals surface area (Å²) < 4.78 is 0.660. The van der Waals surface area contributed by atoms with Crippen LogP contribution in [0.15, 0.2) is 0 Å². The van der Waals surface area contributed by atoms with E-state index in [1.54, 1.807) is 0 Å². The molecule has 0 aliphatic carbocycles. The summed E-state index contributed by atoms with van der Waals surface area (Å²) in [5.74, 6) is -0.716. The quantitative estimate of drug-likeness (QED) is 0.517. The van der Waals surface area contributed by atoms with Gasteiger partial charge in [-0.05, 0) is 38.4 Å². The Morgan fingerprint density at radius 1 is 1.33 bits per heavy atom. The lowest BCUT2D eigenvalue weighted by Gasteiger charge is -1.99. The molecular weight excluding hydrogens is 212 g/mol. The zero-order valence-corrected chi connectivity index (χ0v) is 9.62. The highest BCUT2D eigenvalue weighted by Crippen LogP contribution is 2.09. The number of H-pyrrole nitrogens is 2. The van der Waals surface area contributed by atoms with Crippen LogP contribution in [0.3, 0.4) is 0 Å². The van der Waals surface area contributed by atoms with Crippen molar-refractivity contribution in [2.45, 2.75) is 39.0 Å². The molecule has 0 aromatic carbocycles. The minimum absolute atomic E-state index is 0.266. The minimum atomic E-state index is -0.716. The Labute approximate surface area is 93.7 Å². The van der Waals surface area contributed by atoms with E-state index < -0.39 is 5.97 Å². The predicted octanol–water partition coefficient (Wildman–Crippen LogP) is 2.57. The number of aryl methyl sites for hydroxylation is 2. The second-order valence-electron chi connectivity index (χ2n) is 3.64. The topological polar surface area (TPSA) is 68.9 Å². The molecule has 84 valence electrons. The van der Waals surface area contributed by atoms with Gasteiger partial charge in [-0.1, -0.05) is 6.42 Å². The number of carbonyl (C=O) groups is 1. The molecule has 0 spiro atoms. The third kappa shape index (κ3) is 4.29. The van der Waals surface area contributed by atoms with E-state index in [9.17, 15) is 4.79 Å². The van der Waals surface area contributed by atoms with Gasteiger partial charge in [0.1, 0.15) is 0 Å². The van der Waals surface area contributed by atoms with E-state index in [1.165, 1.54) is 0 Å². The van der Waals surface area contributed by atoms with E-state index in [4.69, 9.17) is 17.3 Å². The molecule has 0 unspecified atom stereocenters. The molecule has 1 heterocycles. The van der Waals surface area contributed by atoms with Gasteiger partial charge in [-0.25, -0.2) is 0 Å². The largest absolute Gasteiger partial charge is 0.481 e. The number of nitrogens with one attached hydrogen (secondary N) is 2. The summed E-state index contributed by atoms with van der Waals surface area (Å²) >= 11 is 4.97. The molecule has 0 saturated carbocycles. The first-order chi connectivity index (χ1) is 7.09. The van der Waals surface area contributed by atoms with E-state index in [2.05, 4.69) is 9.97 Å². The molecule has 0 aliphatic heterocycles. The Bertz CT molecular complexity index is 381. The van der Waals surface area contributed by atoms with Crippen molar-refractivity contribution < 1.29 is 9.90 Å². The molecule has 1 aromatic heterocycles. The Morgan fingerprint density at radius 3 is 2.60 bits per heavy atom. The number of carboxylic acid groups (broad SMARTS) is 1. The molecule has 5 heteroatoms. The summed E-state index contributed by atoms with van der Waals surface area (Å²) in [6, 6.07) is 0. The van der Waals surface area contributed by atoms with Crippen LogP contribution in [0.4, 0.5) is 0 Å². The third-order valence-electron chi connectivity index (χ3n) is 2.34. The fourth-order valence-electron chi connectivity index (χ4n) is 1.51. The molecule has 0 amide bonds. The average Bonchev–Trinajstić information content (AvgIpc) is 2.44. The number of imidazole rings is 1. The van der Waals surface area contributed by atoms with Gasteiger partial charge in [0.25, 0.3) is 0 Å². The fourth-order valence-corrected chi connectivity index (χ4v) is 1.79. The van der Waals surface area contributed by atoms with Crippen molar-refractivity contribution in [3.63, 3.8) is 0 Å². The summed E-state index contributed by atoms with van der Waals surface area (Å²) in [6.07, 6.45) is 3.88. The first-order valence-electron chi connectivity index (χ1n) is 5.09. The molecule has 0 aliphatic rings. The van der Waals surface area contributed by atoms with Crippen LogP contribution in [0, 0.1) is 11.7 Å². The number of aromatic nitrogens is 2. The van der Waals surface area contributed by atoms with Crippen LogP contribution in [0.2, 0.25) is 0 Å². The Balaban J connectivity index is 2.23. The van der Waals surface area contributed by atoms with Gasteiger partial charge in [0.05, 0.1) is 0 Å². The SMILES string of the molecule is Cc1[nH]c(=S)[nH]c1CCCCCC(=O)O. The van der Waals surface area contributed by atoms with Crippen LogP contribution in [0.1, 0.15) is 37.1 Å². The van der Waals surface area contributed by atoms with Crippen LogP contribution in [-0.2, 0) is 11.2 Å². The second kappa shape index (κ2) is 5.70. The highest BCUT2D eigenvalue weighted by Gasteiger charge is 2.01. The smallest absolute Gasteiger partial charge is 0.303 e. The van der Waals surface area contributed by atoms with E-state index in [0.29, 0.717) is 4.77 Å². The van der Waals surface area contributed by atoms with Crippen LogP contribution in [0.5, 0.6) is 0 Å². The van der Waals surface area contributed by atoms with Gasteiger partial charge < -0.3 is 15.1 Å². The summed E-state index contributed by atoms with van der Waals surface area (Å²) in [4.78, 5) is 16.4. The standard InChI is InChI=1S/C10H16N2O2S/c1-7-8(12-10(15)11-7)5-3-2-4-6-9(13)14/h2-6H2,1H3,(H,13,14)(H2,11,12,15). The zero-order valence-electron chi connectivity index (χ0n) is 8.80. The Morgan fingerprint density at radius 2 is 2.07 bits per heavy atom. The van der Waals surface area contributed by atoms with Crippen molar-refractivity contribution in [3.05, 3.63) is 16.2 Å². The molecule has 4 nitrogen and oxygen atoms in total. The molecule has 1 rings (SSSR count).